The predicted octanol–water partition coefficient (Wildman–Crippen LogP) is 2.14. The minimum absolute atomic E-state index is 0. The van der Waals surface area contributed by atoms with E-state index in [4.69, 9.17) is 0 Å². The predicted molar refractivity (Wildman–Crippen MR) is 112 cm³/mol. The van der Waals surface area contributed by atoms with E-state index in [1.165, 1.54) is 5.56 Å². The number of nitrogens with zero attached hydrogens (tertiary/aromatic N) is 2. The Labute approximate surface area is 171 Å². The second kappa shape index (κ2) is 12.3. The number of carbonyl (C=O) groups is 1. The number of hydrogen-bond acceptors (Lipinski definition) is 5. The number of halogens is 2. The van der Waals surface area contributed by atoms with Crippen molar-refractivity contribution < 1.29 is 4.79 Å². The van der Waals surface area contributed by atoms with E-state index in [9.17, 15) is 4.79 Å². The summed E-state index contributed by atoms with van der Waals surface area (Å²) in [5, 5.41) is 9.39. The van der Waals surface area contributed by atoms with Crippen molar-refractivity contribution in [3.8, 4) is 0 Å². The van der Waals surface area contributed by atoms with Crippen molar-refractivity contribution >= 4 is 42.1 Å². The van der Waals surface area contributed by atoms with Crippen molar-refractivity contribution in [1.82, 2.24) is 20.5 Å². The highest BCUT2D eigenvalue weighted by atomic mass is 35.5. The zero-order chi connectivity index (χ0) is 16.6. The van der Waals surface area contributed by atoms with Gasteiger partial charge in [-0.1, -0.05) is 30.3 Å². The standard InChI is InChI=1S/C18H24N4OS.2ClH/c23-17(20-8-11-22-9-6-19-7-10-22)13-16-14-24-18(21-16)12-15-4-2-1-3-5-15;;/h1-5,14,19H,6-13H2,(H,20,23);2*1H. The van der Waals surface area contributed by atoms with E-state index in [1.807, 2.05) is 23.6 Å². The van der Waals surface area contributed by atoms with Crippen molar-refractivity contribution in [2.45, 2.75) is 12.8 Å². The molecule has 2 N–H and O–H groups in total. The Morgan fingerprint density at radius 2 is 1.92 bits per heavy atom. The first-order valence-corrected chi connectivity index (χ1v) is 9.34. The highest BCUT2D eigenvalue weighted by Gasteiger charge is 2.11. The van der Waals surface area contributed by atoms with Gasteiger partial charge in [0.25, 0.3) is 0 Å². The summed E-state index contributed by atoms with van der Waals surface area (Å²) in [6, 6.07) is 10.3. The van der Waals surface area contributed by atoms with E-state index >= 15 is 0 Å². The molecule has 1 aromatic carbocycles. The Morgan fingerprint density at radius 3 is 2.65 bits per heavy atom. The smallest absolute Gasteiger partial charge is 0.226 e. The molecule has 0 atom stereocenters. The molecule has 1 aliphatic rings. The molecule has 1 fully saturated rings. The van der Waals surface area contributed by atoms with Crippen molar-refractivity contribution in [3.05, 3.63) is 52.0 Å². The zero-order valence-corrected chi connectivity index (χ0v) is 17.1. The van der Waals surface area contributed by atoms with Crippen LogP contribution >= 0.6 is 36.2 Å². The lowest BCUT2D eigenvalue weighted by Gasteiger charge is -2.27. The second-order valence-electron chi connectivity index (χ2n) is 6.01. The number of nitrogens with one attached hydrogen (secondary N) is 2. The van der Waals surface area contributed by atoms with Crippen molar-refractivity contribution in [2.75, 3.05) is 39.3 Å². The van der Waals surface area contributed by atoms with Crippen LogP contribution in [0.4, 0.5) is 0 Å². The highest BCUT2D eigenvalue weighted by molar-refractivity contribution is 7.09. The highest BCUT2D eigenvalue weighted by Crippen LogP contribution is 2.15. The molecule has 1 aliphatic heterocycles. The minimum atomic E-state index is 0. The number of thiazole rings is 1. The lowest BCUT2D eigenvalue weighted by atomic mass is 10.2. The Bertz CT molecular complexity index is 648. The fourth-order valence-corrected chi connectivity index (χ4v) is 3.63. The van der Waals surface area contributed by atoms with E-state index in [0.717, 1.165) is 49.8 Å². The van der Waals surface area contributed by atoms with Crippen molar-refractivity contribution in [2.24, 2.45) is 0 Å². The quantitative estimate of drug-likeness (QED) is 0.725. The maximum Gasteiger partial charge on any atom is 0.226 e. The molecule has 0 saturated carbocycles. The van der Waals surface area contributed by atoms with Gasteiger partial charge in [-0.3, -0.25) is 9.69 Å². The number of aromatic nitrogens is 1. The van der Waals surface area contributed by atoms with Crippen molar-refractivity contribution in [1.29, 1.82) is 0 Å². The third-order valence-corrected chi connectivity index (χ3v) is 5.00. The lowest BCUT2D eigenvalue weighted by Crippen LogP contribution is -2.46. The Kier molecular flexibility index (Phi) is 10.8. The molecule has 3 rings (SSSR count). The van der Waals surface area contributed by atoms with Crippen LogP contribution in [0.25, 0.3) is 0 Å². The molecule has 8 heteroatoms. The Hall–Kier alpha value is -1.18. The molecule has 0 radical (unpaired) electrons. The number of amides is 1. The maximum absolute atomic E-state index is 12.0. The van der Waals surface area contributed by atoms with Crippen LogP contribution < -0.4 is 10.6 Å². The van der Waals surface area contributed by atoms with Gasteiger partial charge in [0.05, 0.1) is 17.1 Å². The van der Waals surface area contributed by atoms with Gasteiger partial charge in [0.2, 0.25) is 5.91 Å². The zero-order valence-electron chi connectivity index (χ0n) is 14.6. The summed E-state index contributed by atoms with van der Waals surface area (Å²) in [6.45, 7) is 5.83. The summed E-state index contributed by atoms with van der Waals surface area (Å²) < 4.78 is 0. The SMILES string of the molecule is Cl.Cl.O=C(Cc1csc(Cc2ccccc2)n1)NCCN1CCNCC1. The number of carbonyl (C=O) groups excluding carboxylic acids is 1. The van der Waals surface area contributed by atoms with E-state index in [-0.39, 0.29) is 30.7 Å². The molecule has 1 amide bonds. The summed E-state index contributed by atoms with van der Waals surface area (Å²) in [5.41, 5.74) is 2.12. The molecule has 2 heterocycles. The van der Waals surface area contributed by atoms with Crippen LogP contribution in [0.15, 0.2) is 35.7 Å². The first-order valence-electron chi connectivity index (χ1n) is 8.46. The third-order valence-electron chi connectivity index (χ3n) is 4.10. The molecule has 26 heavy (non-hydrogen) atoms. The Balaban J connectivity index is 0.00000169. The van der Waals surface area contributed by atoms with Crippen LogP contribution in [0.5, 0.6) is 0 Å². The van der Waals surface area contributed by atoms with Gasteiger partial charge in [-0.15, -0.1) is 36.2 Å². The second-order valence-corrected chi connectivity index (χ2v) is 6.96. The van der Waals surface area contributed by atoms with Gasteiger partial charge in [-0.05, 0) is 5.56 Å². The van der Waals surface area contributed by atoms with Crippen LogP contribution in [-0.4, -0.2) is 55.1 Å². The Morgan fingerprint density at radius 1 is 1.19 bits per heavy atom. The average Bonchev–Trinajstić information content (AvgIpc) is 3.03. The molecular formula is C18H26Cl2N4OS. The monoisotopic (exact) mass is 416 g/mol. The fraction of sp³-hybridized carbons (Fsp3) is 0.444. The molecule has 0 unspecified atom stereocenters. The summed E-state index contributed by atoms with van der Waals surface area (Å²) in [4.78, 5) is 19.0. The van der Waals surface area contributed by atoms with Crippen molar-refractivity contribution in [3.63, 3.8) is 0 Å². The molecule has 1 aromatic heterocycles. The van der Waals surface area contributed by atoms with Gasteiger partial charge in [-0.2, -0.15) is 0 Å². The van der Waals surface area contributed by atoms with Gasteiger partial charge in [0.1, 0.15) is 0 Å². The number of benzene rings is 1. The van der Waals surface area contributed by atoms with Crippen LogP contribution in [0.3, 0.4) is 0 Å². The summed E-state index contributed by atoms with van der Waals surface area (Å²) >= 11 is 1.63. The maximum atomic E-state index is 12.0. The summed E-state index contributed by atoms with van der Waals surface area (Å²) in [6.07, 6.45) is 1.20. The lowest BCUT2D eigenvalue weighted by molar-refractivity contribution is -0.120. The fourth-order valence-electron chi connectivity index (χ4n) is 2.80. The molecule has 5 nitrogen and oxygen atoms in total. The topological polar surface area (TPSA) is 57.3 Å². The molecule has 0 aliphatic carbocycles. The van der Waals surface area contributed by atoms with E-state index in [2.05, 4.69) is 32.7 Å². The summed E-state index contributed by atoms with van der Waals surface area (Å²) in [7, 11) is 0. The average molecular weight is 417 g/mol. The number of hydrogen-bond donors (Lipinski definition) is 2. The van der Waals surface area contributed by atoms with Gasteiger partial charge >= 0.3 is 0 Å². The van der Waals surface area contributed by atoms with Gasteiger partial charge < -0.3 is 10.6 Å². The molecule has 0 bridgehead atoms. The van der Waals surface area contributed by atoms with E-state index in [1.54, 1.807) is 11.3 Å². The van der Waals surface area contributed by atoms with Gasteiger partial charge in [0, 0.05) is 51.1 Å². The largest absolute Gasteiger partial charge is 0.354 e. The minimum Gasteiger partial charge on any atom is -0.354 e. The van der Waals surface area contributed by atoms with Gasteiger partial charge in [0.15, 0.2) is 0 Å². The molecular weight excluding hydrogens is 391 g/mol. The third kappa shape index (κ3) is 7.60. The first-order chi connectivity index (χ1) is 11.8. The molecule has 0 spiro atoms. The summed E-state index contributed by atoms with van der Waals surface area (Å²) in [5.74, 6) is 0.0571. The number of rotatable bonds is 7. The van der Waals surface area contributed by atoms with Crippen LogP contribution in [-0.2, 0) is 17.6 Å². The molecule has 1 saturated heterocycles. The number of piperazine rings is 1. The molecule has 144 valence electrons. The van der Waals surface area contributed by atoms with E-state index < -0.39 is 0 Å². The van der Waals surface area contributed by atoms with Crippen LogP contribution in [0.2, 0.25) is 0 Å². The van der Waals surface area contributed by atoms with Gasteiger partial charge in [-0.25, -0.2) is 4.98 Å². The molecule has 2 aromatic rings. The van der Waals surface area contributed by atoms with Crippen LogP contribution in [0, 0.1) is 0 Å². The normalized spacial score (nSPS) is 14.2. The first kappa shape index (κ1) is 22.9. The van der Waals surface area contributed by atoms with Crippen LogP contribution in [0.1, 0.15) is 16.3 Å². The van der Waals surface area contributed by atoms with E-state index in [0.29, 0.717) is 13.0 Å².